The van der Waals surface area contributed by atoms with Crippen molar-refractivity contribution in [3.63, 3.8) is 0 Å². The first-order valence-electron chi connectivity index (χ1n) is 16.8. The Balaban J connectivity index is 1.46. The molecule has 2 aliphatic rings. The summed E-state index contributed by atoms with van der Waals surface area (Å²) < 4.78 is 23.7. The highest BCUT2D eigenvalue weighted by molar-refractivity contribution is 5.96. The number of benzene rings is 2. The van der Waals surface area contributed by atoms with Crippen molar-refractivity contribution in [2.24, 2.45) is 5.92 Å². The number of carbonyl (C=O) groups is 4. The summed E-state index contributed by atoms with van der Waals surface area (Å²) in [5.74, 6) is 1.60. The number of fused-ring (bicyclic) bond motifs is 7. The van der Waals surface area contributed by atoms with Gasteiger partial charge in [0.25, 0.3) is 11.8 Å². The van der Waals surface area contributed by atoms with Crippen LogP contribution in [0.2, 0.25) is 0 Å². The lowest BCUT2D eigenvalue weighted by atomic mass is 9.98. The van der Waals surface area contributed by atoms with Crippen LogP contribution in [0.5, 0.6) is 17.2 Å². The second-order valence-electron chi connectivity index (χ2n) is 12.7. The van der Waals surface area contributed by atoms with Crippen molar-refractivity contribution < 1.29 is 37.9 Å². The van der Waals surface area contributed by atoms with Gasteiger partial charge in [-0.15, -0.1) is 0 Å². The molecule has 2 aromatic carbocycles. The molecule has 4 amide bonds. The Kier molecular flexibility index (Phi) is 11.8. The molecular formula is C36H45N5O8. The first kappa shape index (κ1) is 35.2. The summed E-state index contributed by atoms with van der Waals surface area (Å²) in [6.45, 7) is 7.78. The van der Waals surface area contributed by atoms with E-state index in [1.165, 1.54) is 6.92 Å². The molecule has 1 aromatic heterocycles. The lowest BCUT2D eigenvalue weighted by molar-refractivity contribution is -0.133. The summed E-state index contributed by atoms with van der Waals surface area (Å²) >= 11 is 0. The number of methoxy groups -OCH3 is 1. The molecule has 5 rings (SSSR count). The molecule has 13 heteroatoms. The molecule has 0 aliphatic carbocycles. The smallest absolute Gasteiger partial charge is 0.276 e. The first-order chi connectivity index (χ1) is 23.6. The Labute approximate surface area is 286 Å². The normalized spacial score (nSPS) is 15.6. The predicted molar refractivity (Wildman–Crippen MR) is 181 cm³/mol. The summed E-state index contributed by atoms with van der Waals surface area (Å²) in [5.41, 5.74) is 2.82. The zero-order valence-corrected chi connectivity index (χ0v) is 28.6. The summed E-state index contributed by atoms with van der Waals surface area (Å²) in [4.78, 5) is 54.6. The SMILES string of the molecule is COc1ccc2cc1-c1cc3c(c(c1)OCCCN(C(=O)c1cc(CC(C)C)on1)CCCCNC2=O)OCCN(C(=O)CNC(C)=O)C3. The molecule has 262 valence electrons. The summed E-state index contributed by atoms with van der Waals surface area (Å²) in [7, 11) is 1.57. The van der Waals surface area contributed by atoms with Crippen molar-refractivity contribution in [2.75, 3.05) is 53.0 Å². The number of hydrogen-bond donors (Lipinski definition) is 2. The van der Waals surface area contributed by atoms with Crippen LogP contribution in [0.1, 0.15) is 72.2 Å². The van der Waals surface area contributed by atoms with E-state index in [9.17, 15) is 19.2 Å². The van der Waals surface area contributed by atoms with Crippen molar-refractivity contribution in [3.05, 3.63) is 59.0 Å². The topological polar surface area (TPSA) is 153 Å². The summed E-state index contributed by atoms with van der Waals surface area (Å²) in [6, 6.07) is 10.7. The van der Waals surface area contributed by atoms with Crippen LogP contribution in [0, 0.1) is 5.92 Å². The van der Waals surface area contributed by atoms with Crippen LogP contribution in [0.4, 0.5) is 0 Å². The van der Waals surface area contributed by atoms with Crippen LogP contribution in [0.3, 0.4) is 0 Å². The summed E-state index contributed by atoms with van der Waals surface area (Å²) in [5, 5.41) is 9.62. The largest absolute Gasteiger partial charge is 0.496 e. The zero-order valence-electron chi connectivity index (χ0n) is 28.6. The van der Waals surface area contributed by atoms with E-state index >= 15 is 0 Å². The molecule has 0 saturated heterocycles. The van der Waals surface area contributed by atoms with Crippen LogP contribution in [0.25, 0.3) is 11.1 Å². The van der Waals surface area contributed by atoms with Crippen molar-refractivity contribution in [1.29, 1.82) is 0 Å². The van der Waals surface area contributed by atoms with Crippen LogP contribution in [0.15, 0.2) is 40.9 Å². The fourth-order valence-electron chi connectivity index (χ4n) is 5.90. The molecule has 3 heterocycles. The number of nitrogens with zero attached hydrogens (tertiary/aromatic N) is 3. The van der Waals surface area contributed by atoms with E-state index in [1.54, 1.807) is 41.2 Å². The minimum atomic E-state index is -0.290. The van der Waals surface area contributed by atoms with Gasteiger partial charge in [0.15, 0.2) is 17.2 Å². The van der Waals surface area contributed by atoms with Gasteiger partial charge in [0.1, 0.15) is 18.1 Å². The quantitative estimate of drug-likeness (QED) is 0.397. The second-order valence-corrected chi connectivity index (χ2v) is 12.7. The van der Waals surface area contributed by atoms with Crippen LogP contribution in [-0.4, -0.2) is 91.6 Å². The van der Waals surface area contributed by atoms with E-state index in [4.69, 9.17) is 18.7 Å². The maximum atomic E-state index is 13.5. The highest BCUT2D eigenvalue weighted by atomic mass is 16.5. The van der Waals surface area contributed by atoms with E-state index in [2.05, 4.69) is 29.6 Å². The van der Waals surface area contributed by atoms with Gasteiger partial charge in [-0.2, -0.15) is 0 Å². The van der Waals surface area contributed by atoms with E-state index in [0.717, 1.165) is 0 Å². The van der Waals surface area contributed by atoms with E-state index in [0.29, 0.717) is 103 Å². The Hall–Kier alpha value is -5.07. The number of amides is 4. The van der Waals surface area contributed by atoms with Gasteiger partial charge >= 0.3 is 0 Å². The fourth-order valence-corrected chi connectivity index (χ4v) is 5.90. The lowest BCUT2D eigenvalue weighted by Crippen LogP contribution is -2.40. The molecular weight excluding hydrogens is 630 g/mol. The molecule has 2 N–H and O–H groups in total. The highest BCUT2D eigenvalue weighted by Gasteiger charge is 2.26. The molecule has 49 heavy (non-hydrogen) atoms. The van der Waals surface area contributed by atoms with E-state index in [-0.39, 0.29) is 55.6 Å². The molecule has 13 nitrogen and oxygen atoms in total. The Bertz CT molecular complexity index is 1670. The van der Waals surface area contributed by atoms with Gasteiger partial charge in [0.2, 0.25) is 11.8 Å². The third-order valence-electron chi connectivity index (χ3n) is 8.36. The van der Waals surface area contributed by atoms with Crippen LogP contribution < -0.4 is 24.8 Å². The third-order valence-corrected chi connectivity index (χ3v) is 8.36. The van der Waals surface area contributed by atoms with Gasteiger partial charge < -0.3 is 39.2 Å². The average molecular weight is 676 g/mol. The Morgan fingerprint density at radius 1 is 0.980 bits per heavy atom. The van der Waals surface area contributed by atoms with Crippen molar-refractivity contribution in [3.8, 4) is 28.4 Å². The molecule has 0 spiro atoms. The molecule has 4 bridgehead atoms. The number of aromatic nitrogens is 1. The molecule has 2 aliphatic heterocycles. The minimum Gasteiger partial charge on any atom is -0.496 e. The van der Waals surface area contributed by atoms with Crippen LogP contribution >= 0.6 is 0 Å². The van der Waals surface area contributed by atoms with Gasteiger partial charge in [-0.25, -0.2) is 0 Å². The molecule has 0 radical (unpaired) electrons. The summed E-state index contributed by atoms with van der Waals surface area (Å²) in [6.07, 6.45) is 2.57. The van der Waals surface area contributed by atoms with E-state index in [1.807, 2.05) is 12.1 Å². The molecule has 0 atom stereocenters. The number of hydrogen-bond acceptors (Lipinski definition) is 9. The predicted octanol–water partition coefficient (Wildman–Crippen LogP) is 3.84. The number of nitrogens with one attached hydrogen (secondary N) is 2. The Morgan fingerprint density at radius 2 is 1.80 bits per heavy atom. The lowest BCUT2D eigenvalue weighted by Gasteiger charge is -2.22. The zero-order chi connectivity index (χ0) is 34.9. The maximum absolute atomic E-state index is 13.5. The number of ether oxygens (including phenoxy) is 3. The van der Waals surface area contributed by atoms with Crippen molar-refractivity contribution in [1.82, 2.24) is 25.6 Å². The molecule has 0 fully saturated rings. The van der Waals surface area contributed by atoms with Crippen molar-refractivity contribution in [2.45, 2.75) is 53.0 Å². The molecule has 0 saturated carbocycles. The third kappa shape index (κ3) is 9.09. The Morgan fingerprint density at radius 3 is 2.57 bits per heavy atom. The highest BCUT2D eigenvalue weighted by Crippen LogP contribution is 2.41. The van der Waals surface area contributed by atoms with Crippen LogP contribution in [-0.2, 0) is 22.6 Å². The number of carbonyl (C=O) groups excluding carboxylic acids is 4. The monoisotopic (exact) mass is 675 g/mol. The van der Waals surface area contributed by atoms with Crippen molar-refractivity contribution >= 4 is 23.6 Å². The van der Waals surface area contributed by atoms with Gasteiger partial charge in [-0.3, -0.25) is 19.2 Å². The van der Waals surface area contributed by atoms with E-state index < -0.39 is 0 Å². The van der Waals surface area contributed by atoms with Gasteiger partial charge in [0.05, 0.1) is 26.8 Å². The number of rotatable bonds is 6. The average Bonchev–Trinajstić information content (AvgIpc) is 3.43. The molecule has 3 aromatic rings. The minimum absolute atomic E-state index is 0.124. The first-order valence-corrected chi connectivity index (χ1v) is 16.8. The van der Waals surface area contributed by atoms with Gasteiger partial charge in [0, 0.05) is 62.3 Å². The second kappa shape index (κ2) is 16.4. The van der Waals surface area contributed by atoms with Gasteiger partial charge in [-0.1, -0.05) is 19.0 Å². The standard InChI is InChI=1S/C36H45N5O8/c1-23(2)16-28-20-30(39-49-28)36(45)40-11-6-5-10-37-35(44)25-8-9-31(46-4)29(18-25)26-17-27-22-41(33(43)21-38-24(3)42)13-15-48-34(27)32(19-26)47-14-7-12-40/h8-9,17-20,23H,5-7,10-16,21-22H2,1-4H3,(H,37,44)(H,38,42). The van der Waals surface area contributed by atoms with Gasteiger partial charge in [-0.05, 0) is 61.1 Å². The molecule has 0 unspecified atom stereocenters. The fraction of sp³-hybridized carbons (Fsp3) is 0.472. The maximum Gasteiger partial charge on any atom is 0.276 e.